The normalized spacial score (nSPS) is 14.6. The molecule has 0 saturated carbocycles. The number of hydrogen-bond donors (Lipinski definition) is 3. The third-order valence-corrected chi connectivity index (χ3v) is 4.54. The number of fused-ring (bicyclic) bond motifs is 1. The lowest BCUT2D eigenvalue weighted by Gasteiger charge is -2.09. The van der Waals surface area contributed by atoms with Crippen LogP contribution in [0.1, 0.15) is 49.3 Å². The van der Waals surface area contributed by atoms with Gasteiger partial charge in [0.2, 0.25) is 0 Å². The van der Waals surface area contributed by atoms with Crippen LogP contribution in [0.15, 0.2) is 36.4 Å². The van der Waals surface area contributed by atoms with Crippen LogP contribution >= 0.6 is 0 Å². The molecule has 0 atom stereocenters. The van der Waals surface area contributed by atoms with Crippen LogP contribution in [0, 0.1) is 0 Å². The molecule has 0 aliphatic carbocycles. The predicted molar refractivity (Wildman–Crippen MR) is 101 cm³/mol. The topological polar surface area (TPSA) is 69.6 Å². The minimum Gasteiger partial charge on any atom is -0.508 e. The first kappa shape index (κ1) is 17.1. The molecule has 0 bridgehead atoms. The maximum Gasteiger partial charge on any atom is 0.256 e. The number of nitrogens with one attached hydrogen (secondary N) is 1. The molecular weight excluding hydrogens is 314 g/mol. The number of para-hydroxylation sites is 1. The van der Waals surface area contributed by atoms with E-state index in [9.17, 15) is 15.0 Å². The molecule has 1 amide bonds. The number of phenols is 2. The quantitative estimate of drug-likeness (QED) is 0.528. The highest BCUT2D eigenvalue weighted by atomic mass is 16.3. The Kier molecular flexibility index (Phi) is 5.08. The maximum atomic E-state index is 12.2. The number of unbranched alkanes of at least 4 members (excludes halogenated alkanes) is 3. The van der Waals surface area contributed by atoms with E-state index in [4.69, 9.17) is 0 Å². The fourth-order valence-corrected chi connectivity index (χ4v) is 3.14. The number of phenolic OH excluding ortho intramolecular Hbond substituents is 2. The van der Waals surface area contributed by atoms with Gasteiger partial charge in [-0.3, -0.25) is 4.79 Å². The molecule has 0 unspecified atom stereocenters. The third kappa shape index (κ3) is 3.68. The van der Waals surface area contributed by atoms with Crippen LogP contribution in [0.5, 0.6) is 11.5 Å². The Hall–Kier alpha value is -2.75. The Morgan fingerprint density at radius 3 is 2.64 bits per heavy atom. The smallest absolute Gasteiger partial charge is 0.256 e. The SMILES string of the molecule is CCCCCCc1cc(C=C2C(=O)Nc3ccccc32)c(O)cc1O. The van der Waals surface area contributed by atoms with Gasteiger partial charge in [-0.25, -0.2) is 0 Å². The van der Waals surface area contributed by atoms with Crippen molar-refractivity contribution in [3.63, 3.8) is 0 Å². The first-order valence-corrected chi connectivity index (χ1v) is 8.77. The second-order valence-corrected chi connectivity index (χ2v) is 6.41. The fraction of sp³-hybridized carbons (Fsp3) is 0.286. The summed E-state index contributed by atoms with van der Waals surface area (Å²) in [5.41, 5.74) is 3.47. The minimum atomic E-state index is -0.182. The van der Waals surface area contributed by atoms with Gasteiger partial charge in [0.05, 0.1) is 0 Å². The summed E-state index contributed by atoms with van der Waals surface area (Å²) in [6.45, 7) is 2.16. The number of aryl methyl sites for hydroxylation is 1. The molecule has 130 valence electrons. The average Bonchev–Trinajstić information content (AvgIpc) is 2.91. The lowest BCUT2D eigenvalue weighted by Crippen LogP contribution is -2.03. The summed E-state index contributed by atoms with van der Waals surface area (Å²) >= 11 is 0. The van der Waals surface area contributed by atoms with Gasteiger partial charge in [0.1, 0.15) is 11.5 Å². The molecule has 4 nitrogen and oxygen atoms in total. The average molecular weight is 337 g/mol. The molecule has 1 heterocycles. The molecule has 2 aromatic carbocycles. The first-order chi connectivity index (χ1) is 12.1. The number of anilines is 1. The van der Waals surface area contributed by atoms with Crippen LogP contribution in [0.4, 0.5) is 5.69 Å². The highest BCUT2D eigenvalue weighted by Gasteiger charge is 2.23. The maximum absolute atomic E-state index is 12.2. The van der Waals surface area contributed by atoms with Gasteiger partial charge in [-0.1, -0.05) is 44.4 Å². The van der Waals surface area contributed by atoms with E-state index in [1.807, 2.05) is 24.3 Å². The Morgan fingerprint density at radius 1 is 1.04 bits per heavy atom. The minimum absolute atomic E-state index is 0.0283. The lowest BCUT2D eigenvalue weighted by molar-refractivity contribution is -0.110. The van der Waals surface area contributed by atoms with Crippen LogP contribution < -0.4 is 5.32 Å². The largest absolute Gasteiger partial charge is 0.508 e. The molecule has 0 radical (unpaired) electrons. The number of hydrogen-bond acceptors (Lipinski definition) is 3. The molecule has 0 spiro atoms. The van der Waals surface area contributed by atoms with E-state index in [1.54, 1.807) is 12.1 Å². The number of aromatic hydroxyl groups is 2. The summed E-state index contributed by atoms with van der Waals surface area (Å²) in [4.78, 5) is 12.2. The van der Waals surface area contributed by atoms with Gasteiger partial charge in [0.15, 0.2) is 0 Å². The molecule has 4 heteroatoms. The van der Waals surface area contributed by atoms with Crippen LogP contribution in [-0.4, -0.2) is 16.1 Å². The third-order valence-electron chi connectivity index (χ3n) is 4.54. The number of benzene rings is 2. The zero-order valence-corrected chi connectivity index (χ0v) is 14.4. The monoisotopic (exact) mass is 337 g/mol. The highest BCUT2D eigenvalue weighted by molar-refractivity contribution is 6.35. The van der Waals surface area contributed by atoms with Crippen molar-refractivity contribution in [3.8, 4) is 11.5 Å². The van der Waals surface area contributed by atoms with E-state index in [1.165, 1.54) is 12.5 Å². The van der Waals surface area contributed by atoms with Crippen molar-refractivity contribution in [1.29, 1.82) is 0 Å². The van der Waals surface area contributed by atoms with Gasteiger partial charge >= 0.3 is 0 Å². The molecule has 1 aliphatic heterocycles. The van der Waals surface area contributed by atoms with Gasteiger partial charge < -0.3 is 15.5 Å². The zero-order valence-electron chi connectivity index (χ0n) is 14.4. The van der Waals surface area contributed by atoms with E-state index < -0.39 is 0 Å². The van der Waals surface area contributed by atoms with E-state index in [0.717, 1.165) is 42.5 Å². The molecule has 0 saturated heterocycles. The lowest BCUT2D eigenvalue weighted by atomic mass is 9.99. The van der Waals surface area contributed by atoms with Gasteiger partial charge in [-0.15, -0.1) is 0 Å². The molecule has 0 aromatic heterocycles. The van der Waals surface area contributed by atoms with E-state index in [0.29, 0.717) is 11.1 Å². The van der Waals surface area contributed by atoms with Gasteiger partial charge in [-0.2, -0.15) is 0 Å². The molecule has 2 aromatic rings. The Balaban J connectivity index is 1.91. The molecular formula is C21H23NO3. The second-order valence-electron chi connectivity index (χ2n) is 6.41. The summed E-state index contributed by atoms with van der Waals surface area (Å²) in [5.74, 6) is -0.106. The van der Waals surface area contributed by atoms with Crippen molar-refractivity contribution in [3.05, 3.63) is 53.1 Å². The molecule has 25 heavy (non-hydrogen) atoms. The van der Waals surface area contributed by atoms with Crippen LogP contribution in [0.25, 0.3) is 11.6 Å². The standard InChI is InChI=1S/C21H23NO3/c1-2-3-4-5-8-14-11-15(20(24)13-19(14)23)12-17-16-9-6-7-10-18(16)22-21(17)25/h6-7,9-13,23-24H,2-5,8H2,1H3,(H,22,25). The van der Waals surface area contributed by atoms with Crippen molar-refractivity contribution >= 4 is 23.2 Å². The summed E-state index contributed by atoms with van der Waals surface area (Å²) < 4.78 is 0. The Bertz CT molecular complexity index is 824. The van der Waals surface area contributed by atoms with Crippen LogP contribution in [0.2, 0.25) is 0 Å². The predicted octanol–water partition coefficient (Wildman–Crippen LogP) is 4.71. The number of rotatable bonds is 6. The van der Waals surface area contributed by atoms with Crippen LogP contribution in [0.3, 0.4) is 0 Å². The van der Waals surface area contributed by atoms with Crippen molar-refractivity contribution in [2.24, 2.45) is 0 Å². The Morgan fingerprint density at radius 2 is 1.84 bits per heavy atom. The number of carbonyl (C=O) groups excluding carboxylic acids is 1. The summed E-state index contributed by atoms with van der Waals surface area (Å²) in [6.07, 6.45) is 6.88. The van der Waals surface area contributed by atoms with Crippen molar-refractivity contribution in [2.75, 3.05) is 5.32 Å². The molecule has 3 N–H and O–H groups in total. The fourth-order valence-electron chi connectivity index (χ4n) is 3.14. The van der Waals surface area contributed by atoms with Crippen molar-refractivity contribution in [1.82, 2.24) is 0 Å². The molecule has 3 rings (SSSR count). The second kappa shape index (κ2) is 7.43. The van der Waals surface area contributed by atoms with Gasteiger partial charge in [0, 0.05) is 28.5 Å². The summed E-state index contributed by atoms with van der Waals surface area (Å²) in [5, 5.41) is 23.1. The molecule has 1 aliphatic rings. The molecule has 0 fully saturated rings. The van der Waals surface area contributed by atoms with Gasteiger partial charge in [-0.05, 0) is 36.6 Å². The Labute approximate surface area is 147 Å². The number of carbonyl (C=O) groups is 1. The summed E-state index contributed by atoms with van der Waals surface area (Å²) in [7, 11) is 0. The van der Waals surface area contributed by atoms with E-state index >= 15 is 0 Å². The van der Waals surface area contributed by atoms with Gasteiger partial charge in [0.25, 0.3) is 5.91 Å². The van der Waals surface area contributed by atoms with Crippen molar-refractivity contribution in [2.45, 2.75) is 39.0 Å². The number of amides is 1. The van der Waals surface area contributed by atoms with Crippen LogP contribution in [-0.2, 0) is 11.2 Å². The highest BCUT2D eigenvalue weighted by Crippen LogP contribution is 2.36. The first-order valence-electron chi connectivity index (χ1n) is 8.77. The summed E-state index contributed by atoms with van der Waals surface area (Å²) in [6, 6.07) is 10.6. The van der Waals surface area contributed by atoms with Crippen molar-refractivity contribution < 1.29 is 15.0 Å². The van der Waals surface area contributed by atoms with E-state index in [-0.39, 0.29) is 17.4 Å². The zero-order chi connectivity index (χ0) is 17.8. The van der Waals surface area contributed by atoms with E-state index in [2.05, 4.69) is 12.2 Å².